The lowest BCUT2D eigenvalue weighted by atomic mass is 9.85. The standard InChI is InChI=1S/C58H37NO/c1-3-16-39(17-4-1)56-50-26-12-11-23-46(50)48-35-34-43(37-53(48)57(56)40-18-5-2-6-19-40)59(54-28-15-27-51-49-25-13-14-29-55(49)60-58(51)54)42-32-30-38(31-33-42)52-36-41-20-7-8-21-44(41)45-22-9-10-24-47(45)52/h1-37H. The zero-order valence-electron chi connectivity index (χ0n) is 32.7. The summed E-state index contributed by atoms with van der Waals surface area (Å²) in [6.45, 7) is 0. The van der Waals surface area contributed by atoms with E-state index < -0.39 is 0 Å². The molecule has 0 spiro atoms. The van der Waals surface area contributed by atoms with Crippen molar-refractivity contribution in [2.24, 2.45) is 0 Å². The van der Waals surface area contributed by atoms with E-state index in [-0.39, 0.29) is 0 Å². The molecule has 1 aromatic heterocycles. The molecule has 0 saturated heterocycles. The molecule has 0 N–H and O–H groups in total. The van der Waals surface area contributed by atoms with Crippen LogP contribution in [-0.4, -0.2) is 0 Å². The topological polar surface area (TPSA) is 16.4 Å². The van der Waals surface area contributed by atoms with Crippen LogP contribution in [0.5, 0.6) is 0 Å². The molecule has 0 atom stereocenters. The summed E-state index contributed by atoms with van der Waals surface area (Å²) in [6, 6.07) is 81.2. The van der Waals surface area contributed by atoms with Gasteiger partial charge in [0.25, 0.3) is 0 Å². The maximum Gasteiger partial charge on any atom is 0.159 e. The van der Waals surface area contributed by atoms with Crippen LogP contribution in [0.4, 0.5) is 17.1 Å². The first-order chi connectivity index (χ1) is 29.8. The molecule has 12 rings (SSSR count). The molecule has 0 aliphatic heterocycles. The number of furan rings is 1. The Morgan fingerprint density at radius 3 is 1.57 bits per heavy atom. The molecule has 0 unspecified atom stereocenters. The highest BCUT2D eigenvalue weighted by molar-refractivity contribution is 6.22. The third-order valence-corrected chi connectivity index (χ3v) is 12.2. The van der Waals surface area contributed by atoms with Gasteiger partial charge in [0.1, 0.15) is 5.58 Å². The minimum absolute atomic E-state index is 0.857. The number of nitrogens with zero attached hydrogens (tertiary/aromatic N) is 1. The Morgan fingerprint density at radius 2 is 0.833 bits per heavy atom. The molecule has 0 fully saturated rings. The summed E-state index contributed by atoms with van der Waals surface area (Å²) in [5.41, 5.74) is 12.0. The molecule has 2 heteroatoms. The molecular formula is C58H37NO. The second-order valence-electron chi connectivity index (χ2n) is 15.6. The number of hydrogen-bond donors (Lipinski definition) is 0. The lowest BCUT2D eigenvalue weighted by molar-refractivity contribution is 0.669. The minimum atomic E-state index is 0.857. The molecule has 12 aromatic rings. The van der Waals surface area contributed by atoms with E-state index in [0.29, 0.717) is 0 Å². The maximum atomic E-state index is 6.76. The normalized spacial score (nSPS) is 11.7. The van der Waals surface area contributed by atoms with Crippen LogP contribution in [0.15, 0.2) is 229 Å². The van der Waals surface area contributed by atoms with Crippen LogP contribution in [0.2, 0.25) is 0 Å². The van der Waals surface area contributed by atoms with Crippen LogP contribution in [-0.2, 0) is 0 Å². The van der Waals surface area contributed by atoms with Gasteiger partial charge in [0.05, 0.1) is 5.69 Å². The van der Waals surface area contributed by atoms with E-state index >= 15 is 0 Å². The lowest BCUT2D eigenvalue weighted by Crippen LogP contribution is -2.10. The molecule has 0 saturated carbocycles. The summed E-state index contributed by atoms with van der Waals surface area (Å²) in [5.74, 6) is 0. The highest BCUT2D eigenvalue weighted by atomic mass is 16.3. The van der Waals surface area contributed by atoms with E-state index in [1.807, 2.05) is 6.07 Å². The number of anilines is 3. The maximum absolute atomic E-state index is 6.76. The molecule has 0 amide bonds. The zero-order chi connectivity index (χ0) is 39.6. The van der Waals surface area contributed by atoms with E-state index in [0.717, 1.165) is 39.0 Å². The molecule has 280 valence electrons. The van der Waals surface area contributed by atoms with Gasteiger partial charge in [0.2, 0.25) is 0 Å². The molecule has 0 aliphatic carbocycles. The van der Waals surface area contributed by atoms with E-state index in [1.54, 1.807) is 0 Å². The van der Waals surface area contributed by atoms with Crippen molar-refractivity contribution in [1.82, 2.24) is 0 Å². The van der Waals surface area contributed by atoms with E-state index in [1.165, 1.54) is 76.5 Å². The molecular weight excluding hydrogens is 727 g/mol. The van der Waals surface area contributed by atoms with Crippen molar-refractivity contribution >= 4 is 82.1 Å². The Labute approximate surface area is 347 Å². The first kappa shape index (κ1) is 34.1. The molecule has 0 bridgehead atoms. The van der Waals surface area contributed by atoms with E-state index in [9.17, 15) is 0 Å². The summed E-state index contributed by atoms with van der Waals surface area (Å²) in [4.78, 5) is 2.37. The fourth-order valence-electron chi connectivity index (χ4n) is 9.55. The van der Waals surface area contributed by atoms with E-state index in [2.05, 4.69) is 223 Å². The quantitative estimate of drug-likeness (QED) is 0.157. The fraction of sp³-hybridized carbons (Fsp3) is 0. The monoisotopic (exact) mass is 763 g/mol. The Bertz CT molecular complexity index is 3590. The van der Waals surface area contributed by atoms with Crippen LogP contribution in [0, 0.1) is 0 Å². The Morgan fingerprint density at radius 1 is 0.300 bits per heavy atom. The smallest absolute Gasteiger partial charge is 0.159 e. The summed E-state index contributed by atoms with van der Waals surface area (Å²) < 4.78 is 6.76. The van der Waals surface area contributed by atoms with E-state index in [4.69, 9.17) is 4.42 Å². The Kier molecular flexibility index (Phi) is 7.89. The summed E-state index contributed by atoms with van der Waals surface area (Å²) >= 11 is 0. The Hall–Kier alpha value is -7.94. The second kappa shape index (κ2) is 13.9. The van der Waals surface area contributed by atoms with Crippen LogP contribution in [0.1, 0.15) is 0 Å². The van der Waals surface area contributed by atoms with Gasteiger partial charge >= 0.3 is 0 Å². The van der Waals surface area contributed by atoms with Crippen LogP contribution < -0.4 is 4.90 Å². The molecule has 11 aromatic carbocycles. The van der Waals surface area contributed by atoms with Gasteiger partial charge in [0.15, 0.2) is 5.58 Å². The third kappa shape index (κ3) is 5.42. The lowest BCUT2D eigenvalue weighted by Gasteiger charge is -2.27. The number of benzene rings is 11. The van der Waals surface area contributed by atoms with Gasteiger partial charge in [0, 0.05) is 22.1 Å². The van der Waals surface area contributed by atoms with Crippen LogP contribution in [0.3, 0.4) is 0 Å². The first-order valence-electron chi connectivity index (χ1n) is 20.6. The average molecular weight is 764 g/mol. The largest absolute Gasteiger partial charge is 0.454 e. The van der Waals surface area contributed by atoms with Gasteiger partial charge in [-0.05, 0) is 119 Å². The Balaban J connectivity index is 1.13. The van der Waals surface area contributed by atoms with Gasteiger partial charge in [-0.3, -0.25) is 0 Å². The molecule has 0 aliphatic rings. The number of para-hydroxylation sites is 2. The van der Waals surface area contributed by atoms with Crippen molar-refractivity contribution in [1.29, 1.82) is 0 Å². The zero-order valence-corrected chi connectivity index (χ0v) is 32.7. The van der Waals surface area contributed by atoms with Gasteiger partial charge < -0.3 is 9.32 Å². The van der Waals surface area contributed by atoms with Gasteiger partial charge in [-0.15, -0.1) is 0 Å². The minimum Gasteiger partial charge on any atom is -0.454 e. The van der Waals surface area contributed by atoms with Crippen molar-refractivity contribution in [3.63, 3.8) is 0 Å². The van der Waals surface area contributed by atoms with Crippen molar-refractivity contribution in [3.8, 4) is 33.4 Å². The molecule has 1 heterocycles. The summed E-state index contributed by atoms with van der Waals surface area (Å²) in [6.07, 6.45) is 0. The first-order valence-corrected chi connectivity index (χ1v) is 20.6. The van der Waals surface area contributed by atoms with Crippen molar-refractivity contribution < 1.29 is 4.42 Å². The third-order valence-electron chi connectivity index (χ3n) is 12.2. The summed E-state index contributed by atoms with van der Waals surface area (Å²) in [7, 11) is 0. The summed E-state index contributed by atoms with van der Waals surface area (Å²) in [5, 5.41) is 12.1. The fourth-order valence-corrected chi connectivity index (χ4v) is 9.55. The van der Waals surface area contributed by atoms with Crippen molar-refractivity contribution in [3.05, 3.63) is 224 Å². The predicted octanol–water partition coefficient (Wildman–Crippen LogP) is 16.7. The molecule has 2 nitrogen and oxygen atoms in total. The van der Waals surface area contributed by atoms with Crippen molar-refractivity contribution in [2.45, 2.75) is 0 Å². The van der Waals surface area contributed by atoms with Crippen LogP contribution in [0.25, 0.3) is 98.4 Å². The molecule has 0 radical (unpaired) electrons. The number of rotatable bonds is 6. The SMILES string of the molecule is c1ccc(-c2c(-c3ccccc3)c3cc(N(c4ccc(-c5cc6ccccc6c6ccccc56)cc4)c4cccc5c4oc4ccccc45)ccc3c3ccccc23)cc1. The van der Waals surface area contributed by atoms with Crippen molar-refractivity contribution in [2.75, 3.05) is 4.90 Å². The van der Waals surface area contributed by atoms with Gasteiger partial charge in [-0.1, -0.05) is 182 Å². The van der Waals surface area contributed by atoms with Crippen LogP contribution >= 0.6 is 0 Å². The number of fused-ring (bicyclic) bond motifs is 9. The highest BCUT2D eigenvalue weighted by Gasteiger charge is 2.23. The molecule has 60 heavy (non-hydrogen) atoms. The average Bonchev–Trinajstić information content (AvgIpc) is 3.71. The number of hydrogen-bond acceptors (Lipinski definition) is 2. The van der Waals surface area contributed by atoms with Gasteiger partial charge in [-0.2, -0.15) is 0 Å². The van der Waals surface area contributed by atoms with Gasteiger partial charge in [-0.25, -0.2) is 0 Å². The highest BCUT2D eigenvalue weighted by Crippen LogP contribution is 2.48. The second-order valence-corrected chi connectivity index (χ2v) is 15.6. The predicted molar refractivity (Wildman–Crippen MR) is 255 cm³/mol.